The van der Waals surface area contributed by atoms with Crippen molar-refractivity contribution in [2.75, 3.05) is 26.2 Å². The summed E-state index contributed by atoms with van der Waals surface area (Å²) in [5, 5.41) is 11.6. The number of ether oxygens (including phenoxy) is 2. The molecule has 1 aromatic rings. The molecule has 1 unspecified atom stereocenters. The van der Waals surface area contributed by atoms with E-state index in [2.05, 4.69) is 14.9 Å². The SMILES string of the molecule is C/C(=C\C=C\C(C)c1nccc(C)n1)[C@H]1OC(=O)C[C@H](C)CC[C@@](C)(O)[C@@H](OC(=O)N2CCN(C3CCCCCC3)CC2)/C=C/[C@@H]1C. The van der Waals surface area contributed by atoms with Gasteiger partial charge in [0.2, 0.25) is 0 Å². The number of esters is 1. The topological polar surface area (TPSA) is 105 Å². The van der Waals surface area contributed by atoms with Crippen LogP contribution in [0.1, 0.15) is 110 Å². The number of hydrogen-bond donors (Lipinski definition) is 1. The Morgan fingerprint density at radius 1 is 1.11 bits per heavy atom. The standard InChI is InChI=1S/C38H58N4O5/c1-27-18-20-38(6,45)33(46-37(44)42-24-22-41(23-25-42)32-14-9-7-8-10-15-32)17-16-29(3)35(47-34(43)26-27)28(2)12-11-13-30(4)36-39-21-19-31(5)40-36/h11-13,16-17,19,21,27,29-30,32-33,35,45H,7-10,14-15,18,20,22-26H2,1-6H3/b13-11+,17-16+,28-12+/t27-,29+,30?,33+,35-,38-/m1/s1. The van der Waals surface area contributed by atoms with E-state index >= 15 is 0 Å². The van der Waals surface area contributed by atoms with Crippen LogP contribution in [0.25, 0.3) is 0 Å². The quantitative estimate of drug-likeness (QED) is 0.153. The largest absolute Gasteiger partial charge is 0.457 e. The van der Waals surface area contributed by atoms with E-state index in [1.54, 1.807) is 24.1 Å². The first-order valence-corrected chi connectivity index (χ1v) is 17.9. The maximum absolute atomic E-state index is 13.5. The molecule has 4 rings (SSSR count). The Bertz CT molecular complexity index is 1260. The van der Waals surface area contributed by atoms with E-state index in [-0.39, 0.29) is 36.2 Å². The van der Waals surface area contributed by atoms with Crippen molar-refractivity contribution < 1.29 is 24.2 Å². The number of cyclic esters (lactones) is 1. The van der Waals surface area contributed by atoms with Gasteiger partial charge in [-0.25, -0.2) is 14.8 Å². The predicted octanol–water partition coefficient (Wildman–Crippen LogP) is 6.91. The highest BCUT2D eigenvalue weighted by Gasteiger charge is 2.37. The lowest BCUT2D eigenvalue weighted by Crippen LogP contribution is -2.53. The van der Waals surface area contributed by atoms with Crippen molar-refractivity contribution in [3.63, 3.8) is 0 Å². The van der Waals surface area contributed by atoms with Gasteiger partial charge in [0.1, 0.15) is 17.5 Å². The van der Waals surface area contributed by atoms with Gasteiger partial charge in [-0.1, -0.05) is 70.8 Å². The van der Waals surface area contributed by atoms with Crippen LogP contribution in [0.5, 0.6) is 0 Å². The first kappa shape index (κ1) is 36.8. The Morgan fingerprint density at radius 3 is 2.49 bits per heavy atom. The normalized spacial score (nSPS) is 30.9. The van der Waals surface area contributed by atoms with Gasteiger partial charge in [0.05, 0.1) is 0 Å². The highest BCUT2D eigenvalue weighted by Crippen LogP contribution is 2.29. The molecular formula is C38H58N4O5. The molecule has 1 aromatic heterocycles. The van der Waals surface area contributed by atoms with Gasteiger partial charge in [0, 0.05) is 62.4 Å². The minimum Gasteiger partial charge on any atom is -0.457 e. The third-order valence-corrected chi connectivity index (χ3v) is 10.2. The summed E-state index contributed by atoms with van der Waals surface area (Å²) in [5.74, 6) is 0.293. The van der Waals surface area contributed by atoms with Crippen molar-refractivity contribution in [2.24, 2.45) is 11.8 Å². The lowest BCUT2D eigenvalue weighted by atomic mass is 9.87. The summed E-state index contributed by atoms with van der Waals surface area (Å²) in [6.07, 6.45) is 18.7. The number of allylic oxidation sites excluding steroid dienone is 3. The molecule has 0 spiro atoms. The molecule has 9 nitrogen and oxygen atoms in total. The number of hydrogen-bond acceptors (Lipinski definition) is 8. The van der Waals surface area contributed by atoms with E-state index in [0.29, 0.717) is 32.0 Å². The summed E-state index contributed by atoms with van der Waals surface area (Å²) in [7, 11) is 0. The number of aromatic nitrogens is 2. The number of piperazine rings is 1. The molecule has 0 radical (unpaired) electrons. The Labute approximate surface area is 282 Å². The molecule has 2 fully saturated rings. The molecule has 3 heterocycles. The van der Waals surface area contributed by atoms with Crippen LogP contribution < -0.4 is 0 Å². The fourth-order valence-electron chi connectivity index (χ4n) is 6.94. The van der Waals surface area contributed by atoms with E-state index in [1.807, 2.05) is 65.0 Å². The molecular weight excluding hydrogens is 592 g/mol. The van der Waals surface area contributed by atoms with E-state index in [9.17, 15) is 14.7 Å². The summed E-state index contributed by atoms with van der Waals surface area (Å²) >= 11 is 0. The predicted molar refractivity (Wildman–Crippen MR) is 185 cm³/mol. The van der Waals surface area contributed by atoms with Crippen LogP contribution in [-0.2, 0) is 14.3 Å². The second kappa shape index (κ2) is 17.4. The van der Waals surface area contributed by atoms with Gasteiger partial charge in [0.25, 0.3) is 0 Å². The first-order valence-electron chi connectivity index (χ1n) is 17.9. The summed E-state index contributed by atoms with van der Waals surface area (Å²) < 4.78 is 12.1. The number of nitrogens with zero attached hydrogens (tertiary/aromatic N) is 4. The van der Waals surface area contributed by atoms with Crippen molar-refractivity contribution in [2.45, 2.75) is 129 Å². The maximum atomic E-state index is 13.5. The molecule has 2 aliphatic heterocycles. The summed E-state index contributed by atoms with van der Waals surface area (Å²) in [6.45, 7) is 14.6. The molecule has 6 atom stereocenters. The second-order valence-corrected chi connectivity index (χ2v) is 14.5. The number of aliphatic hydroxyl groups is 1. The summed E-state index contributed by atoms with van der Waals surface area (Å²) in [4.78, 5) is 39.7. The minimum absolute atomic E-state index is 0.00103. The van der Waals surface area contributed by atoms with Crippen LogP contribution in [-0.4, -0.2) is 87.0 Å². The molecule has 47 heavy (non-hydrogen) atoms. The zero-order valence-corrected chi connectivity index (χ0v) is 29.6. The van der Waals surface area contributed by atoms with Gasteiger partial charge < -0.3 is 19.5 Å². The fraction of sp³-hybridized carbons (Fsp3) is 0.684. The summed E-state index contributed by atoms with van der Waals surface area (Å²) in [5.41, 5.74) is 0.524. The van der Waals surface area contributed by atoms with Gasteiger partial charge >= 0.3 is 12.1 Å². The molecule has 1 amide bonds. The van der Waals surface area contributed by atoms with Crippen LogP contribution in [0.2, 0.25) is 0 Å². The van der Waals surface area contributed by atoms with E-state index in [1.165, 1.54) is 38.5 Å². The van der Waals surface area contributed by atoms with Crippen molar-refractivity contribution in [3.8, 4) is 0 Å². The third-order valence-electron chi connectivity index (χ3n) is 10.2. The van der Waals surface area contributed by atoms with Gasteiger partial charge in [-0.15, -0.1) is 0 Å². The van der Waals surface area contributed by atoms with Crippen molar-refractivity contribution >= 4 is 12.1 Å². The van der Waals surface area contributed by atoms with E-state index in [4.69, 9.17) is 9.47 Å². The lowest BCUT2D eigenvalue weighted by molar-refractivity contribution is -0.150. The van der Waals surface area contributed by atoms with Crippen LogP contribution >= 0.6 is 0 Å². The van der Waals surface area contributed by atoms with E-state index in [0.717, 1.165) is 30.2 Å². The first-order chi connectivity index (χ1) is 22.4. The molecule has 1 saturated heterocycles. The fourth-order valence-corrected chi connectivity index (χ4v) is 6.94. The minimum atomic E-state index is -1.29. The Hall–Kier alpha value is -3.04. The van der Waals surface area contributed by atoms with Gasteiger partial charge in [-0.2, -0.15) is 0 Å². The molecule has 1 aliphatic carbocycles. The molecule has 0 aromatic carbocycles. The van der Waals surface area contributed by atoms with Gasteiger partial charge in [-0.3, -0.25) is 9.69 Å². The highest BCUT2D eigenvalue weighted by molar-refractivity contribution is 5.70. The second-order valence-electron chi connectivity index (χ2n) is 14.5. The molecule has 0 bridgehead atoms. The molecule has 9 heteroatoms. The van der Waals surface area contributed by atoms with Gasteiger partial charge in [0.15, 0.2) is 6.10 Å². The Morgan fingerprint density at radius 2 is 1.81 bits per heavy atom. The number of carbonyl (C=O) groups is 2. The molecule has 1 saturated carbocycles. The van der Waals surface area contributed by atoms with Crippen LogP contribution in [0.4, 0.5) is 4.79 Å². The summed E-state index contributed by atoms with van der Waals surface area (Å²) in [6, 6.07) is 2.50. The zero-order valence-electron chi connectivity index (χ0n) is 29.6. The molecule has 1 N–H and O–H groups in total. The van der Waals surface area contributed by atoms with Crippen molar-refractivity contribution in [1.29, 1.82) is 0 Å². The average Bonchev–Trinajstić information content (AvgIpc) is 3.34. The number of amides is 1. The van der Waals surface area contributed by atoms with Crippen LogP contribution in [0.3, 0.4) is 0 Å². The van der Waals surface area contributed by atoms with Crippen molar-refractivity contribution in [1.82, 2.24) is 19.8 Å². The van der Waals surface area contributed by atoms with Crippen LogP contribution in [0.15, 0.2) is 48.2 Å². The van der Waals surface area contributed by atoms with Crippen molar-refractivity contribution in [3.05, 3.63) is 59.7 Å². The van der Waals surface area contributed by atoms with Crippen LogP contribution in [0, 0.1) is 18.8 Å². The molecule has 3 aliphatic rings. The number of rotatable bonds is 6. The lowest BCUT2D eigenvalue weighted by Gasteiger charge is -2.40. The number of carbonyl (C=O) groups excluding carboxylic acids is 2. The third kappa shape index (κ3) is 11.0. The Balaban J connectivity index is 1.46. The average molecular weight is 651 g/mol. The monoisotopic (exact) mass is 650 g/mol. The van der Waals surface area contributed by atoms with E-state index < -0.39 is 17.8 Å². The highest BCUT2D eigenvalue weighted by atomic mass is 16.6. The smallest absolute Gasteiger partial charge is 0.410 e. The maximum Gasteiger partial charge on any atom is 0.410 e. The van der Waals surface area contributed by atoms with Gasteiger partial charge in [-0.05, 0) is 70.1 Å². The number of aryl methyl sites for hydroxylation is 1. The zero-order chi connectivity index (χ0) is 34.0. The Kier molecular flexibility index (Phi) is 13.6. The molecule has 260 valence electrons.